The molecule has 5 nitrogen and oxygen atoms in total. The lowest BCUT2D eigenvalue weighted by Crippen LogP contribution is -2.25. The second kappa shape index (κ2) is 6.84. The Morgan fingerprint density at radius 3 is 2.48 bits per heavy atom. The van der Waals surface area contributed by atoms with E-state index in [1.165, 1.54) is 18.4 Å². The molecule has 1 unspecified atom stereocenters. The third kappa shape index (κ3) is 3.82. The van der Waals surface area contributed by atoms with Crippen LogP contribution in [0.15, 0.2) is 29.2 Å². The number of sulfonamides is 1. The Kier molecular flexibility index (Phi) is 5.26. The quantitative estimate of drug-likeness (QED) is 0.860. The van der Waals surface area contributed by atoms with Crippen molar-refractivity contribution in [1.82, 2.24) is 4.31 Å². The molecular formula is C17H24N2O3S. The number of anilines is 1. The zero-order valence-corrected chi connectivity index (χ0v) is 14.9. The highest BCUT2D eigenvalue weighted by molar-refractivity contribution is 7.89. The third-order valence-corrected chi connectivity index (χ3v) is 6.11. The van der Waals surface area contributed by atoms with Crippen molar-refractivity contribution >= 4 is 21.6 Å². The SMILES string of the molecule is Cc1cc(S(=O)(=O)N(C)C)cc(NC(=O)C2CC=CCC2)c1C. The van der Waals surface area contributed by atoms with E-state index >= 15 is 0 Å². The summed E-state index contributed by atoms with van der Waals surface area (Å²) in [7, 11) is -0.534. The van der Waals surface area contributed by atoms with Crippen LogP contribution in [0.5, 0.6) is 0 Å². The molecule has 1 amide bonds. The molecule has 1 atom stereocenters. The summed E-state index contributed by atoms with van der Waals surface area (Å²) in [5.41, 5.74) is 2.30. The Balaban J connectivity index is 2.33. The number of benzene rings is 1. The van der Waals surface area contributed by atoms with Gasteiger partial charge in [0.25, 0.3) is 0 Å². The number of hydrogen-bond acceptors (Lipinski definition) is 3. The van der Waals surface area contributed by atoms with Gasteiger partial charge in [-0.2, -0.15) is 0 Å². The van der Waals surface area contributed by atoms with Crippen LogP contribution in [0, 0.1) is 19.8 Å². The van der Waals surface area contributed by atoms with Crippen molar-refractivity contribution in [1.29, 1.82) is 0 Å². The molecule has 1 aliphatic rings. The van der Waals surface area contributed by atoms with Crippen LogP contribution in [-0.2, 0) is 14.8 Å². The monoisotopic (exact) mass is 336 g/mol. The Hall–Kier alpha value is -1.66. The summed E-state index contributed by atoms with van der Waals surface area (Å²) >= 11 is 0. The zero-order chi connectivity index (χ0) is 17.2. The molecule has 1 aromatic rings. The largest absolute Gasteiger partial charge is 0.326 e. The van der Waals surface area contributed by atoms with E-state index in [0.717, 1.165) is 30.4 Å². The molecule has 0 heterocycles. The van der Waals surface area contributed by atoms with Crippen molar-refractivity contribution in [2.45, 2.75) is 38.0 Å². The van der Waals surface area contributed by atoms with E-state index in [4.69, 9.17) is 0 Å². The summed E-state index contributed by atoms with van der Waals surface area (Å²) in [5.74, 6) is -0.0925. The van der Waals surface area contributed by atoms with Crippen molar-refractivity contribution in [3.63, 3.8) is 0 Å². The summed E-state index contributed by atoms with van der Waals surface area (Å²) in [5, 5.41) is 2.92. The number of nitrogens with one attached hydrogen (secondary N) is 1. The summed E-state index contributed by atoms with van der Waals surface area (Å²) in [4.78, 5) is 12.6. The van der Waals surface area contributed by atoms with Gasteiger partial charge in [0.15, 0.2) is 0 Å². The normalized spacial score (nSPS) is 18.2. The summed E-state index contributed by atoms with van der Waals surface area (Å²) < 4.78 is 25.9. The first-order valence-electron chi connectivity index (χ1n) is 7.73. The standard InChI is InChI=1S/C17H24N2O3S/c1-12-10-15(23(21,22)19(3)4)11-16(13(12)2)18-17(20)14-8-6-5-7-9-14/h5-6,10-11,14H,7-9H2,1-4H3,(H,18,20). The fourth-order valence-electron chi connectivity index (χ4n) is 2.58. The number of carbonyl (C=O) groups excluding carboxylic acids is 1. The summed E-state index contributed by atoms with van der Waals surface area (Å²) in [6.45, 7) is 3.74. The number of amides is 1. The molecule has 0 aliphatic heterocycles. The lowest BCUT2D eigenvalue weighted by atomic mass is 9.93. The van der Waals surface area contributed by atoms with Crippen molar-refractivity contribution in [2.75, 3.05) is 19.4 Å². The first kappa shape index (κ1) is 17.7. The van der Waals surface area contributed by atoms with E-state index in [1.54, 1.807) is 12.1 Å². The third-order valence-electron chi connectivity index (χ3n) is 4.32. The molecule has 0 fully saturated rings. The van der Waals surface area contributed by atoms with Gasteiger partial charge in [-0.25, -0.2) is 12.7 Å². The molecular weight excluding hydrogens is 312 g/mol. The first-order chi connectivity index (χ1) is 10.7. The van der Waals surface area contributed by atoms with Crippen LogP contribution in [0.25, 0.3) is 0 Å². The number of allylic oxidation sites excluding steroid dienone is 2. The highest BCUT2D eigenvalue weighted by Gasteiger charge is 2.22. The molecule has 1 N–H and O–H groups in total. The van der Waals surface area contributed by atoms with Crippen molar-refractivity contribution in [3.05, 3.63) is 35.4 Å². The van der Waals surface area contributed by atoms with Crippen molar-refractivity contribution < 1.29 is 13.2 Å². The molecule has 0 bridgehead atoms. The van der Waals surface area contributed by atoms with Gasteiger partial charge in [0.1, 0.15) is 0 Å². The minimum Gasteiger partial charge on any atom is -0.326 e. The van der Waals surface area contributed by atoms with Crippen LogP contribution >= 0.6 is 0 Å². The van der Waals surface area contributed by atoms with Gasteiger partial charge in [0.05, 0.1) is 4.90 Å². The molecule has 2 rings (SSSR count). The molecule has 0 saturated carbocycles. The van der Waals surface area contributed by atoms with Gasteiger partial charge < -0.3 is 5.32 Å². The molecule has 0 saturated heterocycles. The average Bonchev–Trinajstić information content (AvgIpc) is 2.52. The molecule has 0 radical (unpaired) electrons. The topological polar surface area (TPSA) is 66.5 Å². The Labute approximate surface area is 138 Å². The fraction of sp³-hybridized carbons (Fsp3) is 0.471. The van der Waals surface area contributed by atoms with Gasteiger partial charge in [-0.05, 0) is 56.4 Å². The summed E-state index contributed by atoms with van der Waals surface area (Å²) in [6.07, 6.45) is 6.59. The number of aryl methyl sites for hydroxylation is 1. The lowest BCUT2D eigenvalue weighted by molar-refractivity contribution is -0.120. The average molecular weight is 336 g/mol. The molecule has 1 aliphatic carbocycles. The molecule has 126 valence electrons. The maximum Gasteiger partial charge on any atom is 0.242 e. The van der Waals surface area contributed by atoms with Gasteiger partial charge in [-0.3, -0.25) is 4.79 Å². The molecule has 1 aromatic carbocycles. The maximum absolute atomic E-state index is 12.4. The predicted octanol–water partition coefficient (Wildman–Crippen LogP) is 2.85. The highest BCUT2D eigenvalue weighted by atomic mass is 32.2. The Morgan fingerprint density at radius 2 is 1.91 bits per heavy atom. The molecule has 23 heavy (non-hydrogen) atoms. The number of nitrogens with zero attached hydrogens (tertiary/aromatic N) is 1. The summed E-state index contributed by atoms with van der Waals surface area (Å²) in [6, 6.07) is 3.19. The smallest absolute Gasteiger partial charge is 0.242 e. The Bertz CT molecular complexity index is 736. The van der Waals surface area contributed by atoms with E-state index in [1.807, 2.05) is 19.9 Å². The van der Waals surface area contributed by atoms with Gasteiger partial charge in [0.2, 0.25) is 15.9 Å². The first-order valence-corrected chi connectivity index (χ1v) is 9.17. The van der Waals surface area contributed by atoms with Gasteiger partial charge in [-0.1, -0.05) is 12.2 Å². The molecule has 0 aromatic heterocycles. The van der Waals surface area contributed by atoms with Gasteiger partial charge >= 0.3 is 0 Å². The van der Waals surface area contributed by atoms with E-state index in [-0.39, 0.29) is 16.7 Å². The van der Waals surface area contributed by atoms with Gasteiger partial charge in [0, 0.05) is 25.7 Å². The van der Waals surface area contributed by atoms with E-state index < -0.39 is 10.0 Å². The molecule has 6 heteroatoms. The minimum atomic E-state index is -3.53. The van der Waals surface area contributed by atoms with Crippen LogP contribution < -0.4 is 5.32 Å². The van der Waals surface area contributed by atoms with Crippen LogP contribution in [0.3, 0.4) is 0 Å². The maximum atomic E-state index is 12.4. The Morgan fingerprint density at radius 1 is 1.22 bits per heavy atom. The van der Waals surface area contributed by atoms with Gasteiger partial charge in [-0.15, -0.1) is 0 Å². The fourth-order valence-corrected chi connectivity index (χ4v) is 3.60. The van der Waals surface area contributed by atoms with Crippen molar-refractivity contribution in [2.24, 2.45) is 5.92 Å². The van der Waals surface area contributed by atoms with Crippen LogP contribution in [0.1, 0.15) is 30.4 Å². The molecule has 0 spiro atoms. The second-order valence-corrected chi connectivity index (χ2v) is 8.32. The van der Waals surface area contributed by atoms with Crippen molar-refractivity contribution in [3.8, 4) is 0 Å². The number of hydrogen-bond donors (Lipinski definition) is 1. The minimum absolute atomic E-state index is 0.0451. The lowest BCUT2D eigenvalue weighted by Gasteiger charge is -2.20. The second-order valence-electron chi connectivity index (χ2n) is 6.17. The number of carbonyl (C=O) groups is 1. The highest BCUT2D eigenvalue weighted by Crippen LogP contribution is 2.27. The number of rotatable bonds is 4. The predicted molar refractivity (Wildman–Crippen MR) is 91.9 cm³/mol. The van der Waals surface area contributed by atoms with E-state index in [0.29, 0.717) is 5.69 Å². The van der Waals surface area contributed by atoms with E-state index in [9.17, 15) is 13.2 Å². The zero-order valence-electron chi connectivity index (χ0n) is 14.1. The van der Waals surface area contributed by atoms with Crippen LogP contribution in [0.4, 0.5) is 5.69 Å². The van der Waals surface area contributed by atoms with Crippen LogP contribution in [-0.4, -0.2) is 32.7 Å². The van der Waals surface area contributed by atoms with E-state index in [2.05, 4.69) is 11.4 Å². The van der Waals surface area contributed by atoms with Crippen LogP contribution in [0.2, 0.25) is 0 Å².